The second-order valence-corrected chi connectivity index (χ2v) is 10.4. The fourth-order valence-corrected chi connectivity index (χ4v) is 6.22. The number of thiazole rings is 1. The second-order valence-electron chi connectivity index (χ2n) is 9.37. The predicted molar refractivity (Wildman–Crippen MR) is 143 cm³/mol. The molecule has 0 saturated heterocycles. The molecule has 3 heterocycles. The number of amides is 1. The monoisotopic (exact) mass is 511 g/mol. The molecule has 0 saturated carbocycles. The van der Waals surface area contributed by atoms with Gasteiger partial charge in [0, 0.05) is 11.3 Å². The van der Waals surface area contributed by atoms with Gasteiger partial charge in [0.25, 0.3) is 5.56 Å². The number of aryl methyl sites for hydroxylation is 1. The SMILES string of the molecule is COc1ccc(/C=c2/sc3n(c2=O)[C@H]2c4ccccc4O[C@](C)(N=3)[C@H]2C(=O)Nc2ccccc2C)cc1. The van der Waals surface area contributed by atoms with Crippen LogP contribution < -0.4 is 29.7 Å². The Kier molecular flexibility index (Phi) is 5.49. The first kappa shape index (κ1) is 23.2. The Morgan fingerprint density at radius 2 is 1.84 bits per heavy atom. The van der Waals surface area contributed by atoms with Gasteiger partial charge in [-0.05, 0) is 55.3 Å². The zero-order chi connectivity index (χ0) is 25.7. The number of benzene rings is 3. The van der Waals surface area contributed by atoms with Crippen molar-refractivity contribution in [2.75, 3.05) is 12.4 Å². The summed E-state index contributed by atoms with van der Waals surface area (Å²) in [6.07, 6.45) is 1.84. The quantitative estimate of drug-likeness (QED) is 0.454. The van der Waals surface area contributed by atoms with Crippen molar-refractivity contribution in [2.45, 2.75) is 25.6 Å². The molecule has 37 heavy (non-hydrogen) atoms. The van der Waals surface area contributed by atoms with Gasteiger partial charge in [-0.3, -0.25) is 14.2 Å². The normalized spacial score (nSPS) is 21.8. The third-order valence-corrected chi connectivity index (χ3v) is 7.96. The molecule has 3 aromatic carbocycles. The summed E-state index contributed by atoms with van der Waals surface area (Å²) in [5.41, 5.74) is 1.97. The summed E-state index contributed by atoms with van der Waals surface area (Å²) in [5.74, 6) is 0.371. The van der Waals surface area contributed by atoms with Gasteiger partial charge in [-0.2, -0.15) is 0 Å². The van der Waals surface area contributed by atoms with Crippen LogP contribution in [0.1, 0.15) is 29.7 Å². The van der Waals surface area contributed by atoms with Crippen LogP contribution >= 0.6 is 11.3 Å². The van der Waals surface area contributed by atoms with E-state index >= 15 is 0 Å². The first-order valence-corrected chi connectivity index (χ1v) is 12.8. The molecule has 0 fully saturated rings. The maximum absolute atomic E-state index is 13.8. The van der Waals surface area contributed by atoms with Gasteiger partial charge in [-0.1, -0.05) is 59.9 Å². The fourth-order valence-electron chi connectivity index (χ4n) is 5.12. The van der Waals surface area contributed by atoms with Crippen molar-refractivity contribution in [3.63, 3.8) is 0 Å². The average molecular weight is 512 g/mol. The average Bonchev–Trinajstić information content (AvgIpc) is 3.18. The number of aromatic nitrogens is 1. The highest BCUT2D eigenvalue weighted by Crippen LogP contribution is 2.47. The lowest BCUT2D eigenvalue weighted by molar-refractivity contribution is -0.131. The first-order valence-electron chi connectivity index (χ1n) is 12.0. The molecule has 186 valence electrons. The maximum atomic E-state index is 13.8. The summed E-state index contributed by atoms with van der Waals surface area (Å²) in [7, 11) is 1.62. The Morgan fingerprint density at radius 3 is 2.59 bits per heavy atom. The maximum Gasteiger partial charge on any atom is 0.270 e. The van der Waals surface area contributed by atoms with Crippen molar-refractivity contribution >= 4 is 29.0 Å². The van der Waals surface area contributed by atoms with E-state index in [-0.39, 0.29) is 11.5 Å². The number of carbonyl (C=O) groups is 1. The minimum Gasteiger partial charge on any atom is -0.497 e. The van der Waals surface area contributed by atoms with Crippen LogP contribution in [0, 0.1) is 12.8 Å². The molecule has 0 spiro atoms. The van der Waals surface area contributed by atoms with Gasteiger partial charge >= 0.3 is 0 Å². The number of methoxy groups -OCH3 is 1. The molecule has 4 aromatic rings. The topological polar surface area (TPSA) is 81.9 Å². The molecule has 7 nitrogen and oxygen atoms in total. The Balaban J connectivity index is 1.51. The highest BCUT2D eigenvalue weighted by Gasteiger charge is 2.55. The molecule has 1 N–H and O–H groups in total. The highest BCUT2D eigenvalue weighted by molar-refractivity contribution is 7.07. The zero-order valence-electron chi connectivity index (χ0n) is 20.6. The van der Waals surface area contributed by atoms with E-state index in [0.29, 0.717) is 15.1 Å². The molecular weight excluding hydrogens is 486 g/mol. The van der Waals surface area contributed by atoms with Gasteiger partial charge in [0.2, 0.25) is 11.6 Å². The zero-order valence-corrected chi connectivity index (χ0v) is 21.4. The molecule has 6 rings (SSSR count). The smallest absolute Gasteiger partial charge is 0.270 e. The Bertz CT molecular complexity index is 1710. The van der Waals surface area contributed by atoms with Crippen molar-refractivity contribution < 1.29 is 14.3 Å². The molecule has 1 aromatic heterocycles. The molecular formula is C29H25N3O4S. The van der Waals surface area contributed by atoms with Crippen LogP contribution in [0.25, 0.3) is 6.08 Å². The molecule has 0 radical (unpaired) electrons. The lowest BCUT2D eigenvalue weighted by atomic mass is 9.80. The van der Waals surface area contributed by atoms with Crippen LogP contribution in [0.2, 0.25) is 0 Å². The van der Waals surface area contributed by atoms with Crippen LogP contribution in [0.15, 0.2) is 82.6 Å². The van der Waals surface area contributed by atoms with E-state index < -0.39 is 17.7 Å². The molecule has 0 aliphatic carbocycles. The van der Waals surface area contributed by atoms with Gasteiger partial charge in [0.1, 0.15) is 17.4 Å². The summed E-state index contributed by atoms with van der Waals surface area (Å²) in [6, 6.07) is 22.1. The minimum atomic E-state index is -1.18. The molecule has 0 unspecified atom stereocenters. The van der Waals surface area contributed by atoms with Crippen molar-refractivity contribution in [1.82, 2.24) is 4.57 Å². The van der Waals surface area contributed by atoms with E-state index in [1.54, 1.807) is 11.7 Å². The standard InChI is InChI=1S/C29H25N3O4S/c1-17-8-4-6-10-21(17)30-26(33)24-25-20-9-5-7-11-22(20)36-29(24,2)31-28-32(25)27(34)23(37-28)16-18-12-14-19(35-3)15-13-18/h4-16,24-25H,1-3H3,(H,30,33)/b23-16+/t24-,25+,29+/m1/s1. The fraction of sp³-hybridized carbons (Fsp3) is 0.207. The second kappa shape index (κ2) is 8.74. The molecule has 3 atom stereocenters. The van der Waals surface area contributed by atoms with Crippen LogP contribution in [-0.2, 0) is 4.79 Å². The highest BCUT2D eigenvalue weighted by atomic mass is 32.1. The van der Waals surface area contributed by atoms with Crippen LogP contribution in [0.5, 0.6) is 11.5 Å². The molecule has 1 amide bonds. The van der Waals surface area contributed by atoms with E-state index in [4.69, 9.17) is 14.5 Å². The van der Waals surface area contributed by atoms with E-state index in [0.717, 1.165) is 28.1 Å². The van der Waals surface area contributed by atoms with Gasteiger partial charge in [0.15, 0.2) is 4.80 Å². The van der Waals surface area contributed by atoms with E-state index in [2.05, 4.69) is 5.32 Å². The number of fused-ring (bicyclic) bond motifs is 6. The minimum absolute atomic E-state index is 0.183. The largest absolute Gasteiger partial charge is 0.497 e. The Labute approximate surface area is 217 Å². The number of hydrogen-bond acceptors (Lipinski definition) is 6. The number of rotatable bonds is 4. The van der Waals surface area contributed by atoms with Crippen LogP contribution in [0.3, 0.4) is 0 Å². The van der Waals surface area contributed by atoms with Gasteiger partial charge in [0.05, 0.1) is 17.7 Å². The third-order valence-electron chi connectivity index (χ3n) is 6.98. The number of nitrogens with one attached hydrogen (secondary N) is 1. The number of anilines is 1. The van der Waals surface area contributed by atoms with Gasteiger partial charge in [-0.15, -0.1) is 0 Å². The predicted octanol–water partition coefficient (Wildman–Crippen LogP) is 3.64. The van der Waals surface area contributed by atoms with Crippen molar-refractivity contribution in [3.05, 3.63) is 109 Å². The summed E-state index contributed by atoms with van der Waals surface area (Å²) in [4.78, 5) is 33.1. The number of ether oxygens (including phenoxy) is 2. The van der Waals surface area contributed by atoms with Gasteiger partial charge < -0.3 is 14.8 Å². The number of para-hydroxylation sites is 2. The lowest BCUT2D eigenvalue weighted by Gasteiger charge is -2.45. The van der Waals surface area contributed by atoms with Crippen molar-refractivity contribution in [1.29, 1.82) is 0 Å². The summed E-state index contributed by atoms with van der Waals surface area (Å²) < 4.78 is 13.8. The number of carbonyl (C=O) groups excluding carboxylic acids is 1. The molecule has 8 heteroatoms. The Morgan fingerprint density at radius 1 is 1.11 bits per heavy atom. The summed E-state index contributed by atoms with van der Waals surface area (Å²) in [6.45, 7) is 3.76. The van der Waals surface area contributed by atoms with E-state index in [1.165, 1.54) is 11.3 Å². The summed E-state index contributed by atoms with van der Waals surface area (Å²) in [5, 5.41) is 3.06. The number of nitrogens with zero attached hydrogens (tertiary/aromatic N) is 2. The lowest BCUT2D eigenvalue weighted by Crippen LogP contribution is -2.59. The van der Waals surface area contributed by atoms with Crippen molar-refractivity contribution in [3.8, 4) is 11.5 Å². The molecule has 2 aliphatic heterocycles. The molecule has 2 bridgehead atoms. The van der Waals surface area contributed by atoms with E-state index in [9.17, 15) is 9.59 Å². The van der Waals surface area contributed by atoms with E-state index in [1.807, 2.05) is 92.7 Å². The third kappa shape index (κ3) is 3.84. The Hall–Kier alpha value is -4.17. The van der Waals surface area contributed by atoms with Gasteiger partial charge in [-0.25, -0.2) is 4.99 Å². The summed E-state index contributed by atoms with van der Waals surface area (Å²) >= 11 is 1.30. The van der Waals surface area contributed by atoms with Crippen molar-refractivity contribution in [2.24, 2.45) is 10.9 Å². The van der Waals surface area contributed by atoms with Crippen LogP contribution in [-0.4, -0.2) is 23.3 Å². The number of hydrogen-bond donors (Lipinski definition) is 1. The first-order chi connectivity index (χ1) is 17.9. The van der Waals surface area contributed by atoms with Crippen LogP contribution in [0.4, 0.5) is 5.69 Å². The molecule has 2 aliphatic rings.